The van der Waals surface area contributed by atoms with Crippen LogP contribution in [0.1, 0.15) is 38.5 Å². The van der Waals surface area contributed by atoms with Crippen molar-refractivity contribution in [3.8, 4) is 0 Å². The first-order valence-electron chi connectivity index (χ1n) is 8.14. The van der Waals surface area contributed by atoms with Gasteiger partial charge in [-0.3, -0.25) is 9.89 Å². The molecule has 112 valence electrons. The van der Waals surface area contributed by atoms with Crippen LogP contribution < -0.4 is 5.32 Å². The molecule has 0 aromatic rings. The number of fused-ring (bicyclic) bond motifs is 1. The minimum absolute atomic E-state index is 0.305. The minimum atomic E-state index is 0.305. The van der Waals surface area contributed by atoms with Gasteiger partial charge >= 0.3 is 0 Å². The Kier molecular flexibility index (Phi) is 3.69. The molecular formula is C15H25N3OS. The van der Waals surface area contributed by atoms with E-state index >= 15 is 0 Å². The second kappa shape index (κ2) is 5.50. The normalized spacial score (nSPS) is 38.5. The van der Waals surface area contributed by atoms with Crippen molar-refractivity contribution < 1.29 is 4.74 Å². The summed E-state index contributed by atoms with van der Waals surface area (Å²) >= 11 is 1.92. The summed E-state index contributed by atoms with van der Waals surface area (Å²) in [5, 5.41) is 4.86. The zero-order valence-electron chi connectivity index (χ0n) is 12.1. The lowest BCUT2D eigenvalue weighted by atomic mass is 10.0. The molecule has 0 aromatic heterocycles. The molecule has 20 heavy (non-hydrogen) atoms. The van der Waals surface area contributed by atoms with Gasteiger partial charge in [0.05, 0.1) is 19.3 Å². The predicted molar refractivity (Wildman–Crippen MR) is 83.4 cm³/mol. The van der Waals surface area contributed by atoms with Gasteiger partial charge in [-0.2, -0.15) is 0 Å². The Morgan fingerprint density at radius 1 is 1.35 bits per heavy atom. The lowest BCUT2D eigenvalue weighted by Gasteiger charge is -2.34. The van der Waals surface area contributed by atoms with E-state index in [1.165, 1.54) is 56.0 Å². The fraction of sp³-hybridized carbons (Fsp3) is 0.933. The third-order valence-corrected chi connectivity index (χ3v) is 6.52. The SMILES string of the molecule is C1CC2COC(CN=C3NC4(CCCC4)CS3)CN2C1. The summed E-state index contributed by atoms with van der Waals surface area (Å²) in [6.45, 7) is 4.09. The Bertz CT molecular complexity index is 395. The molecule has 0 bridgehead atoms. The fourth-order valence-corrected chi connectivity index (χ4v) is 5.32. The van der Waals surface area contributed by atoms with Gasteiger partial charge in [-0.05, 0) is 32.2 Å². The lowest BCUT2D eigenvalue weighted by Crippen LogP contribution is -2.47. The first-order chi connectivity index (χ1) is 9.83. The summed E-state index contributed by atoms with van der Waals surface area (Å²) in [4.78, 5) is 7.40. The van der Waals surface area contributed by atoms with Crippen LogP contribution in [0, 0.1) is 0 Å². The van der Waals surface area contributed by atoms with Crippen LogP contribution in [0.15, 0.2) is 4.99 Å². The van der Waals surface area contributed by atoms with Crippen molar-refractivity contribution in [2.24, 2.45) is 4.99 Å². The molecule has 0 radical (unpaired) electrons. The highest BCUT2D eigenvalue weighted by atomic mass is 32.2. The Labute approximate surface area is 125 Å². The van der Waals surface area contributed by atoms with Crippen molar-refractivity contribution >= 4 is 16.9 Å². The second-order valence-electron chi connectivity index (χ2n) is 6.79. The van der Waals surface area contributed by atoms with Gasteiger partial charge < -0.3 is 10.1 Å². The zero-order chi connectivity index (χ0) is 13.4. The summed E-state index contributed by atoms with van der Waals surface area (Å²) in [6.07, 6.45) is 8.38. The standard InChI is InChI=1S/C15H25N3OS/c1-2-6-15(5-1)11-20-14(17-15)16-8-13-9-18-7-3-4-12(18)10-19-13/h12-13H,1-11H2,(H,16,17). The molecule has 2 atom stereocenters. The smallest absolute Gasteiger partial charge is 0.157 e. The molecule has 4 nitrogen and oxygen atoms in total. The van der Waals surface area contributed by atoms with Gasteiger partial charge in [-0.25, -0.2) is 0 Å². The first kappa shape index (κ1) is 13.4. The molecule has 3 heterocycles. The molecule has 2 unspecified atom stereocenters. The predicted octanol–water partition coefficient (Wildman–Crippen LogP) is 1.85. The number of nitrogens with one attached hydrogen (secondary N) is 1. The number of hydrogen-bond donors (Lipinski definition) is 1. The van der Waals surface area contributed by atoms with Crippen molar-refractivity contribution in [1.29, 1.82) is 0 Å². The summed E-state index contributed by atoms with van der Waals surface area (Å²) in [7, 11) is 0. The highest BCUT2D eigenvalue weighted by Gasteiger charge is 2.39. The largest absolute Gasteiger partial charge is 0.373 e. The van der Waals surface area contributed by atoms with Gasteiger partial charge in [0, 0.05) is 23.9 Å². The lowest BCUT2D eigenvalue weighted by molar-refractivity contribution is -0.0431. The molecule has 0 aromatic carbocycles. The van der Waals surface area contributed by atoms with Crippen molar-refractivity contribution in [1.82, 2.24) is 10.2 Å². The van der Waals surface area contributed by atoms with Crippen LogP contribution in [0.5, 0.6) is 0 Å². The van der Waals surface area contributed by atoms with Gasteiger partial charge in [0.25, 0.3) is 0 Å². The van der Waals surface area contributed by atoms with E-state index in [2.05, 4.69) is 10.2 Å². The minimum Gasteiger partial charge on any atom is -0.373 e. The van der Waals surface area contributed by atoms with Crippen molar-refractivity contribution in [2.45, 2.75) is 56.2 Å². The first-order valence-corrected chi connectivity index (χ1v) is 9.13. The van der Waals surface area contributed by atoms with E-state index in [9.17, 15) is 0 Å². The van der Waals surface area contributed by atoms with E-state index < -0.39 is 0 Å². The molecule has 4 aliphatic rings. The average Bonchev–Trinajstić information content (AvgIpc) is 3.19. The Hall–Kier alpha value is -0.260. The van der Waals surface area contributed by atoms with Gasteiger partial charge in [-0.15, -0.1) is 0 Å². The van der Waals surface area contributed by atoms with Crippen LogP contribution in [-0.2, 0) is 4.74 Å². The maximum Gasteiger partial charge on any atom is 0.157 e. The highest BCUT2D eigenvalue weighted by molar-refractivity contribution is 8.14. The van der Waals surface area contributed by atoms with E-state index in [-0.39, 0.29) is 0 Å². The van der Waals surface area contributed by atoms with Crippen LogP contribution in [0.25, 0.3) is 0 Å². The average molecular weight is 295 g/mol. The number of amidine groups is 1. The molecule has 1 saturated carbocycles. The number of hydrogen-bond acceptors (Lipinski definition) is 4. The van der Waals surface area contributed by atoms with Crippen LogP contribution in [-0.4, -0.2) is 59.7 Å². The maximum absolute atomic E-state index is 5.98. The highest BCUT2D eigenvalue weighted by Crippen LogP contribution is 2.37. The number of nitrogens with zero attached hydrogens (tertiary/aromatic N) is 2. The van der Waals surface area contributed by atoms with Crippen LogP contribution >= 0.6 is 11.8 Å². The van der Waals surface area contributed by atoms with Gasteiger partial charge in [0.2, 0.25) is 0 Å². The topological polar surface area (TPSA) is 36.9 Å². The van der Waals surface area contributed by atoms with Crippen LogP contribution in [0.2, 0.25) is 0 Å². The van der Waals surface area contributed by atoms with Crippen molar-refractivity contribution in [3.63, 3.8) is 0 Å². The monoisotopic (exact) mass is 295 g/mol. The number of aliphatic imine (C=N–C) groups is 1. The summed E-state index contributed by atoms with van der Waals surface area (Å²) in [5.74, 6) is 1.21. The Morgan fingerprint density at radius 2 is 2.25 bits per heavy atom. The quantitative estimate of drug-likeness (QED) is 0.843. The summed E-state index contributed by atoms with van der Waals surface area (Å²) in [6, 6.07) is 0.694. The number of thioether (sulfide) groups is 1. The summed E-state index contributed by atoms with van der Waals surface area (Å²) in [5.41, 5.74) is 0.386. The molecule has 0 amide bonds. The number of ether oxygens (including phenoxy) is 1. The number of morpholine rings is 1. The molecule has 1 N–H and O–H groups in total. The van der Waals surface area contributed by atoms with Gasteiger partial charge in [0.15, 0.2) is 5.17 Å². The van der Waals surface area contributed by atoms with Gasteiger partial charge in [-0.1, -0.05) is 24.6 Å². The molecule has 4 fully saturated rings. The van der Waals surface area contributed by atoms with Gasteiger partial charge in [0.1, 0.15) is 0 Å². The fourth-order valence-electron chi connectivity index (χ4n) is 4.09. The van der Waals surface area contributed by atoms with Crippen molar-refractivity contribution in [2.75, 3.05) is 32.0 Å². The Balaban J connectivity index is 1.31. The third-order valence-electron chi connectivity index (χ3n) is 5.32. The molecular weight excluding hydrogens is 270 g/mol. The van der Waals surface area contributed by atoms with Crippen molar-refractivity contribution in [3.05, 3.63) is 0 Å². The summed E-state index contributed by atoms with van der Waals surface area (Å²) < 4.78 is 5.98. The third kappa shape index (κ3) is 2.60. The van der Waals surface area contributed by atoms with Crippen LogP contribution in [0.4, 0.5) is 0 Å². The van der Waals surface area contributed by atoms with E-state index in [0.717, 1.165) is 19.7 Å². The molecule has 3 aliphatic heterocycles. The van der Waals surface area contributed by atoms with E-state index in [1.807, 2.05) is 11.8 Å². The van der Waals surface area contributed by atoms with E-state index in [0.29, 0.717) is 17.7 Å². The second-order valence-corrected chi connectivity index (χ2v) is 7.76. The molecule has 3 saturated heterocycles. The maximum atomic E-state index is 5.98. The zero-order valence-corrected chi connectivity index (χ0v) is 13.0. The van der Waals surface area contributed by atoms with E-state index in [1.54, 1.807) is 0 Å². The van der Waals surface area contributed by atoms with Crippen LogP contribution in [0.3, 0.4) is 0 Å². The molecule has 1 spiro atoms. The Morgan fingerprint density at radius 3 is 3.15 bits per heavy atom. The molecule has 5 heteroatoms. The van der Waals surface area contributed by atoms with E-state index in [4.69, 9.17) is 9.73 Å². The molecule has 4 rings (SSSR count). The molecule has 1 aliphatic carbocycles. The number of rotatable bonds is 2.